The Labute approximate surface area is 237 Å². The van der Waals surface area contributed by atoms with Crippen LogP contribution in [0.1, 0.15) is 41.6 Å². The van der Waals surface area contributed by atoms with E-state index in [0.29, 0.717) is 10.9 Å². The molecular formula is C28H31N5O5S2. The van der Waals surface area contributed by atoms with E-state index in [1.165, 1.54) is 11.8 Å². The summed E-state index contributed by atoms with van der Waals surface area (Å²) in [4.78, 5) is 0.226. The molecule has 0 amide bonds. The third-order valence-electron chi connectivity index (χ3n) is 6.85. The highest BCUT2D eigenvalue weighted by Gasteiger charge is 2.38. The van der Waals surface area contributed by atoms with Crippen molar-refractivity contribution in [2.75, 3.05) is 5.75 Å². The van der Waals surface area contributed by atoms with Crippen molar-refractivity contribution in [3.05, 3.63) is 101 Å². The first-order valence-electron chi connectivity index (χ1n) is 12.8. The van der Waals surface area contributed by atoms with E-state index in [4.69, 9.17) is 9.47 Å². The molecule has 4 atom stereocenters. The van der Waals surface area contributed by atoms with Crippen LogP contribution >= 0.6 is 11.8 Å². The molecule has 1 aromatic heterocycles. The zero-order chi connectivity index (χ0) is 28.1. The van der Waals surface area contributed by atoms with Gasteiger partial charge < -0.3 is 14.6 Å². The van der Waals surface area contributed by atoms with Gasteiger partial charge in [-0.3, -0.25) is 0 Å². The number of nitrogens with zero attached hydrogens (tertiary/aromatic N) is 4. The van der Waals surface area contributed by atoms with Crippen LogP contribution in [0.3, 0.4) is 0 Å². The average Bonchev–Trinajstić information content (AvgIpc) is 3.40. The third kappa shape index (κ3) is 6.60. The number of aromatic nitrogens is 4. The zero-order valence-electron chi connectivity index (χ0n) is 22.1. The SMILES string of the molecule is CC1C(CSc2nnnn2C)OC(c2ccc(CNS(=O)(=O)c3ccccc3)cc2)OC1c1ccc(CO)cc1. The van der Waals surface area contributed by atoms with Crippen LogP contribution in [0.5, 0.6) is 0 Å². The summed E-state index contributed by atoms with van der Waals surface area (Å²) in [5, 5.41) is 21.8. The molecule has 1 aliphatic rings. The lowest BCUT2D eigenvalue weighted by Gasteiger charge is -2.41. The topological polar surface area (TPSA) is 128 Å². The normalized spacial score (nSPS) is 21.4. The number of aliphatic hydroxyl groups is 1. The van der Waals surface area contributed by atoms with Crippen LogP contribution in [0.4, 0.5) is 0 Å². The van der Waals surface area contributed by atoms with E-state index in [2.05, 4.69) is 27.2 Å². The smallest absolute Gasteiger partial charge is 0.240 e. The fourth-order valence-electron chi connectivity index (χ4n) is 4.46. The highest BCUT2D eigenvalue weighted by molar-refractivity contribution is 7.99. The van der Waals surface area contributed by atoms with Gasteiger partial charge in [0.2, 0.25) is 15.2 Å². The minimum atomic E-state index is -3.61. The maximum atomic E-state index is 12.6. The van der Waals surface area contributed by atoms with E-state index in [1.807, 2.05) is 48.5 Å². The number of nitrogens with one attached hydrogen (secondary N) is 1. The van der Waals surface area contributed by atoms with Crippen LogP contribution in [0.25, 0.3) is 0 Å². The lowest BCUT2D eigenvalue weighted by atomic mass is 9.91. The van der Waals surface area contributed by atoms with E-state index in [9.17, 15) is 13.5 Å². The van der Waals surface area contributed by atoms with E-state index in [0.717, 1.165) is 22.3 Å². The predicted octanol–water partition coefficient (Wildman–Crippen LogP) is 3.76. The van der Waals surface area contributed by atoms with Crippen molar-refractivity contribution < 1.29 is 23.0 Å². The van der Waals surface area contributed by atoms with Crippen molar-refractivity contribution >= 4 is 21.8 Å². The molecule has 0 bridgehead atoms. The van der Waals surface area contributed by atoms with Crippen molar-refractivity contribution in [1.29, 1.82) is 0 Å². The molecule has 40 heavy (non-hydrogen) atoms. The molecule has 2 heterocycles. The number of ether oxygens (including phenoxy) is 2. The van der Waals surface area contributed by atoms with Gasteiger partial charge in [0.05, 0.1) is 23.7 Å². The van der Waals surface area contributed by atoms with Gasteiger partial charge in [-0.05, 0) is 39.2 Å². The average molecular weight is 582 g/mol. The maximum absolute atomic E-state index is 12.6. The van der Waals surface area contributed by atoms with E-state index in [1.54, 1.807) is 42.1 Å². The molecule has 0 aliphatic carbocycles. The van der Waals surface area contributed by atoms with Gasteiger partial charge in [-0.25, -0.2) is 17.8 Å². The molecule has 2 N–H and O–H groups in total. The van der Waals surface area contributed by atoms with Crippen LogP contribution < -0.4 is 4.72 Å². The zero-order valence-corrected chi connectivity index (χ0v) is 23.8. The van der Waals surface area contributed by atoms with Gasteiger partial charge in [0.1, 0.15) is 0 Å². The highest BCUT2D eigenvalue weighted by atomic mass is 32.2. The summed E-state index contributed by atoms with van der Waals surface area (Å²) < 4.78 is 42.4. The first-order chi connectivity index (χ1) is 19.3. The molecule has 12 heteroatoms. The van der Waals surface area contributed by atoms with Crippen LogP contribution in [-0.4, -0.2) is 45.6 Å². The van der Waals surface area contributed by atoms with Gasteiger partial charge in [-0.2, -0.15) is 0 Å². The van der Waals surface area contributed by atoms with Gasteiger partial charge in [0.15, 0.2) is 6.29 Å². The minimum absolute atomic E-state index is 0.0219. The van der Waals surface area contributed by atoms with Gasteiger partial charge in [-0.15, -0.1) is 5.10 Å². The number of rotatable bonds is 10. The van der Waals surface area contributed by atoms with Crippen molar-refractivity contribution in [2.24, 2.45) is 13.0 Å². The van der Waals surface area contributed by atoms with Gasteiger partial charge in [0, 0.05) is 30.8 Å². The Bertz CT molecular complexity index is 1500. The van der Waals surface area contributed by atoms with Crippen molar-refractivity contribution in [3.63, 3.8) is 0 Å². The quantitative estimate of drug-likeness (QED) is 0.269. The predicted molar refractivity (Wildman–Crippen MR) is 149 cm³/mol. The van der Waals surface area contributed by atoms with Crippen LogP contribution in [0.2, 0.25) is 0 Å². The Balaban J connectivity index is 1.32. The molecular weight excluding hydrogens is 550 g/mol. The first-order valence-corrected chi connectivity index (χ1v) is 15.3. The number of tetrazole rings is 1. The minimum Gasteiger partial charge on any atom is -0.392 e. The molecule has 4 unspecified atom stereocenters. The molecule has 0 saturated carbocycles. The number of benzene rings is 3. The molecule has 4 aromatic rings. The second kappa shape index (κ2) is 12.6. The summed E-state index contributed by atoms with van der Waals surface area (Å²) in [5.41, 5.74) is 3.47. The van der Waals surface area contributed by atoms with Crippen molar-refractivity contribution in [3.8, 4) is 0 Å². The van der Waals surface area contributed by atoms with Crippen molar-refractivity contribution in [2.45, 2.75) is 48.6 Å². The Morgan fingerprint density at radius 2 is 1.62 bits per heavy atom. The van der Waals surface area contributed by atoms with E-state index in [-0.39, 0.29) is 36.2 Å². The van der Waals surface area contributed by atoms with Gasteiger partial charge in [-0.1, -0.05) is 85.4 Å². The summed E-state index contributed by atoms with van der Waals surface area (Å²) in [5.74, 6) is 0.649. The Morgan fingerprint density at radius 1 is 0.950 bits per heavy atom. The molecule has 1 saturated heterocycles. The molecule has 0 radical (unpaired) electrons. The number of sulfonamides is 1. The van der Waals surface area contributed by atoms with Crippen molar-refractivity contribution in [1.82, 2.24) is 24.9 Å². The van der Waals surface area contributed by atoms with E-state index >= 15 is 0 Å². The number of thioether (sulfide) groups is 1. The standard InChI is InChI=1S/C28H31N5O5S2/c1-19-25(18-39-28-30-31-32-33(28)2)37-27(38-26(19)22-12-10-21(17-34)11-13-22)23-14-8-20(9-15-23)16-29-40(35,36)24-6-4-3-5-7-24/h3-15,19,25-27,29,34H,16-18H2,1-2H3. The number of aryl methyl sites for hydroxylation is 1. The fourth-order valence-corrected chi connectivity index (χ4v) is 6.52. The fraction of sp³-hybridized carbons (Fsp3) is 0.321. The van der Waals surface area contributed by atoms with Gasteiger partial charge >= 0.3 is 0 Å². The number of hydrogen-bond acceptors (Lipinski definition) is 9. The summed E-state index contributed by atoms with van der Waals surface area (Å²) >= 11 is 1.52. The summed E-state index contributed by atoms with van der Waals surface area (Å²) in [6.45, 7) is 2.24. The van der Waals surface area contributed by atoms with E-state index < -0.39 is 16.3 Å². The van der Waals surface area contributed by atoms with Crippen LogP contribution in [0.15, 0.2) is 88.9 Å². The van der Waals surface area contributed by atoms with Crippen LogP contribution in [-0.2, 0) is 39.7 Å². The molecule has 0 spiro atoms. The summed E-state index contributed by atoms with van der Waals surface area (Å²) in [6, 6.07) is 23.6. The Kier molecular flexibility index (Phi) is 8.94. The number of hydrogen-bond donors (Lipinski definition) is 2. The summed E-state index contributed by atoms with van der Waals surface area (Å²) in [6.07, 6.45) is -1.04. The molecule has 1 fully saturated rings. The highest BCUT2D eigenvalue weighted by Crippen LogP contribution is 2.42. The largest absolute Gasteiger partial charge is 0.392 e. The Morgan fingerprint density at radius 3 is 2.27 bits per heavy atom. The monoisotopic (exact) mass is 581 g/mol. The Hall–Kier alpha value is -3.13. The lowest BCUT2D eigenvalue weighted by Crippen LogP contribution is -2.38. The molecule has 1 aliphatic heterocycles. The third-order valence-corrected chi connectivity index (χ3v) is 9.37. The molecule has 210 valence electrons. The molecule has 3 aromatic carbocycles. The molecule has 10 nitrogen and oxygen atoms in total. The lowest BCUT2D eigenvalue weighted by molar-refractivity contribution is -0.268. The maximum Gasteiger partial charge on any atom is 0.240 e. The summed E-state index contributed by atoms with van der Waals surface area (Å²) in [7, 11) is -1.81. The van der Waals surface area contributed by atoms with Gasteiger partial charge in [0.25, 0.3) is 0 Å². The first kappa shape index (κ1) is 28.4. The number of aliphatic hydroxyl groups excluding tert-OH is 1. The van der Waals surface area contributed by atoms with Crippen LogP contribution in [0, 0.1) is 5.92 Å². The molecule has 5 rings (SSSR count). The second-order valence-corrected chi connectivity index (χ2v) is 12.4. The second-order valence-electron chi connectivity index (χ2n) is 9.60.